The monoisotopic (exact) mass is 321 g/mol. The molecule has 0 amide bonds. The number of nitrogens with one attached hydrogen (secondary N) is 1. The van der Waals surface area contributed by atoms with E-state index in [-0.39, 0.29) is 11.2 Å². The third-order valence-electron chi connectivity index (χ3n) is 2.54. The lowest BCUT2D eigenvalue weighted by Crippen LogP contribution is -2.45. The molecule has 1 aliphatic heterocycles. The molecule has 15 heavy (non-hydrogen) atoms. The Morgan fingerprint density at radius 2 is 2.27 bits per heavy atom. The lowest BCUT2D eigenvalue weighted by Gasteiger charge is -2.38. The molecule has 0 spiro atoms. The van der Waals surface area contributed by atoms with Crippen molar-refractivity contribution in [2.24, 2.45) is 5.41 Å². The smallest absolute Gasteiger partial charge is 0.124 e. The van der Waals surface area contributed by atoms with Crippen LogP contribution in [0.2, 0.25) is 0 Å². The second-order valence-electron chi connectivity index (χ2n) is 4.28. The average Bonchev–Trinajstić information content (AvgIpc) is 2.14. The first-order chi connectivity index (χ1) is 7.09. The van der Waals surface area contributed by atoms with Gasteiger partial charge in [0.15, 0.2) is 0 Å². The van der Waals surface area contributed by atoms with Gasteiger partial charge in [-0.15, -0.1) is 0 Å². The first kappa shape index (κ1) is 11.1. The number of halogens is 2. The van der Waals surface area contributed by atoms with Crippen LogP contribution < -0.4 is 5.32 Å². The fourth-order valence-corrected chi connectivity index (χ4v) is 2.16. The van der Waals surface area contributed by atoms with E-state index in [0.29, 0.717) is 0 Å². The van der Waals surface area contributed by atoms with Crippen molar-refractivity contribution in [2.75, 3.05) is 25.1 Å². The maximum atomic E-state index is 12.8. The van der Waals surface area contributed by atoms with Crippen molar-refractivity contribution in [2.45, 2.75) is 6.92 Å². The zero-order valence-corrected chi connectivity index (χ0v) is 10.7. The van der Waals surface area contributed by atoms with Gasteiger partial charge in [0.1, 0.15) is 5.82 Å². The quantitative estimate of drug-likeness (QED) is 0.865. The Kier molecular flexibility index (Phi) is 3.16. The summed E-state index contributed by atoms with van der Waals surface area (Å²) in [5.41, 5.74) is 1.22. The third-order valence-corrected chi connectivity index (χ3v) is 3.43. The highest BCUT2D eigenvalue weighted by Gasteiger charge is 2.33. The molecule has 1 aliphatic rings. The molecule has 2 rings (SSSR count). The molecular weight excluding hydrogens is 308 g/mol. The molecule has 0 atom stereocenters. The molecule has 1 heterocycles. The standard InChI is InChI=1S/C11H13FINO/c1-11(6-15-7-11)5-14-10-3-2-8(12)4-9(10)13/h2-4,14H,5-7H2,1H3. The van der Waals surface area contributed by atoms with Crippen molar-refractivity contribution in [3.63, 3.8) is 0 Å². The Bertz CT molecular complexity index is 366. The summed E-state index contributed by atoms with van der Waals surface area (Å²) in [5.74, 6) is -0.192. The average molecular weight is 321 g/mol. The number of hydrogen-bond donors (Lipinski definition) is 1. The molecule has 0 unspecified atom stereocenters. The Morgan fingerprint density at radius 3 is 2.80 bits per heavy atom. The molecule has 0 saturated carbocycles. The summed E-state index contributed by atoms with van der Waals surface area (Å²) in [5, 5.41) is 3.33. The van der Waals surface area contributed by atoms with Crippen LogP contribution in [0, 0.1) is 14.8 Å². The van der Waals surface area contributed by atoms with Gasteiger partial charge in [0.25, 0.3) is 0 Å². The molecule has 0 aliphatic carbocycles. The van der Waals surface area contributed by atoms with Crippen LogP contribution in [-0.2, 0) is 4.74 Å². The zero-order chi connectivity index (χ0) is 10.9. The van der Waals surface area contributed by atoms with Crippen LogP contribution in [0.4, 0.5) is 10.1 Å². The molecule has 0 radical (unpaired) electrons. The summed E-state index contributed by atoms with van der Waals surface area (Å²) in [6, 6.07) is 4.78. The minimum Gasteiger partial charge on any atom is -0.383 e. The Hall–Kier alpha value is -0.360. The van der Waals surface area contributed by atoms with E-state index in [1.54, 1.807) is 6.07 Å². The first-order valence-electron chi connectivity index (χ1n) is 4.86. The maximum absolute atomic E-state index is 12.8. The van der Waals surface area contributed by atoms with E-state index in [4.69, 9.17) is 4.74 Å². The molecule has 1 fully saturated rings. The van der Waals surface area contributed by atoms with Crippen LogP contribution in [0.3, 0.4) is 0 Å². The summed E-state index contributed by atoms with van der Waals surface area (Å²) in [7, 11) is 0. The lowest BCUT2D eigenvalue weighted by atomic mass is 9.89. The summed E-state index contributed by atoms with van der Waals surface area (Å²) < 4.78 is 18.9. The van der Waals surface area contributed by atoms with Crippen molar-refractivity contribution < 1.29 is 9.13 Å². The highest BCUT2D eigenvalue weighted by Crippen LogP contribution is 2.28. The van der Waals surface area contributed by atoms with Crippen molar-refractivity contribution in [3.8, 4) is 0 Å². The van der Waals surface area contributed by atoms with Gasteiger partial charge in [0.2, 0.25) is 0 Å². The summed E-state index contributed by atoms with van der Waals surface area (Å²) >= 11 is 2.13. The number of benzene rings is 1. The molecule has 1 aromatic rings. The first-order valence-corrected chi connectivity index (χ1v) is 5.94. The van der Waals surface area contributed by atoms with Crippen LogP contribution in [0.1, 0.15) is 6.92 Å². The molecule has 1 N–H and O–H groups in total. The van der Waals surface area contributed by atoms with Crippen molar-refractivity contribution in [3.05, 3.63) is 27.6 Å². The fraction of sp³-hybridized carbons (Fsp3) is 0.455. The third kappa shape index (κ3) is 2.60. The van der Waals surface area contributed by atoms with E-state index < -0.39 is 0 Å². The number of hydrogen-bond acceptors (Lipinski definition) is 2. The second kappa shape index (κ2) is 4.25. The minimum atomic E-state index is -0.192. The van der Waals surface area contributed by atoms with Gasteiger partial charge in [0.05, 0.1) is 13.2 Å². The SMILES string of the molecule is CC1(CNc2ccc(F)cc2I)COC1. The number of anilines is 1. The van der Waals surface area contributed by atoms with Gasteiger partial charge in [0, 0.05) is 21.2 Å². The minimum absolute atomic E-state index is 0.192. The van der Waals surface area contributed by atoms with Gasteiger partial charge in [-0.1, -0.05) is 6.92 Å². The largest absolute Gasteiger partial charge is 0.383 e. The Morgan fingerprint density at radius 1 is 1.53 bits per heavy atom. The summed E-state index contributed by atoms with van der Waals surface area (Å²) in [6.45, 7) is 4.66. The molecule has 2 nitrogen and oxygen atoms in total. The maximum Gasteiger partial charge on any atom is 0.124 e. The lowest BCUT2D eigenvalue weighted by molar-refractivity contribution is -0.0924. The van der Waals surface area contributed by atoms with Crippen LogP contribution in [0.25, 0.3) is 0 Å². The number of rotatable bonds is 3. The molecule has 4 heteroatoms. The van der Waals surface area contributed by atoms with Gasteiger partial charge in [-0.05, 0) is 40.8 Å². The van der Waals surface area contributed by atoms with E-state index >= 15 is 0 Å². The normalized spacial score (nSPS) is 18.3. The molecule has 82 valence electrons. The van der Waals surface area contributed by atoms with Gasteiger partial charge in [-0.25, -0.2) is 4.39 Å². The van der Waals surface area contributed by atoms with E-state index in [0.717, 1.165) is 29.0 Å². The predicted molar refractivity (Wildman–Crippen MR) is 66.5 cm³/mol. The van der Waals surface area contributed by atoms with Gasteiger partial charge < -0.3 is 10.1 Å². The van der Waals surface area contributed by atoms with Crippen molar-refractivity contribution in [1.29, 1.82) is 0 Å². The predicted octanol–water partition coefficient (Wildman–Crippen LogP) is 2.88. The molecule has 0 aromatic heterocycles. The fourth-order valence-electron chi connectivity index (χ4n) is 1.49. The van der Waals surface area contributed by atoms with Crippen molar-refractivity contribution >= 4 is 28.3 Å². The number of ether oxygens (including phenoxy) is 1. The van der Waals surface area contributed by atoms with E-state index in [9.17, 15) is 4.39 Å². The topological polar surface area (TPSA) is 21.3 Å². The summed E-state index contributed by atoms with van der Waals surface area (Å²) in [6.07, 6.45) is 0. The van der Waals surface area contributed by atoms with Crippen LogP contribution in [0.15, 0.2) is 18.2 Å². The highest BCUT2D eigenvalue weighted by molar-refractivity contribution is 14.1. The highest BCUT2D eigenvalue weighted by atomic mass is 127. The van der Waals surface area contributed by atoms with E-state index in [1.165, 1.54) is 12.1 Å². The zero-order valence-electron chi connectivity index (χ0n) is 8.52. The Balaban J connectivity index is 1.98. The van der Waals surface area contributed by atoms with Crippen LogP contribution in [-0.4, -0.2) is 19.8 Å². The van der Waals surface area contributed by atoms with E-state index in [2.05, 4.69) is 34.8 Å². The molecule has 0 bridgehead atoms. The van der Waals surface area contributed by atoms with E-state index in [1.807, 2.05) is 0 Å². The molecular formula is C11H13FINO. The van der Waals surface area contributed by atoms with Gasteiger partial charge in [-0.3, -0.25) is 0 Å². The second-order valence-corrected chi connectivity index (χ2v) is 5.44. The van der Waals surface area contributed by atoms with Crippen molar-refractivity contribution in [1.82, 2.24) is 0 Å². The molecule has 1 aromatic carbocycles. The van der Waals surface area contributed by atoms with Crippen LogP contribution in [0.5, 0.6) is 0 Å². The van der Waals surface area contributed by atoms with Gasteiger partial charge >= 0.3 is 0 Å². The molecule has 1 saturated heterocycles. The Labute approximate surface area is 102 Å². The van der Waals surface area contributed by atoms with Crippen LogP contribution >= 0.6 is 22.6 Å². The summed E-state index contributed by atoms with van der Waals surface area (Å²) in [4.78, 5) is 0. The van der Waals surface area contributed by atoms with Gasteiger partial charge in [-0.2, -0.15) is 0 Å².